The number of hydrogen-bond acceptors (Lipinski definition) is 4. The summed E-state index contributed by atoms with van der Waals surface area (Å²) in [6.45, 7) is 0.389. The Morgan fingerprint density at radius 2 is 2.05 bits per heavy atom. The van der Waals surface area contributed by atoms with Gasteiger partial charge in [-0.15, -0.1) is 0 Å². The second-order valence-electron chi connectivity index (χ2n) is 4.31. The molecule has 2 rings (SSSR count). The normalized spacial score (nSPS) is 9.27. The summed E-state index contributed by atoms with van der Waals surface area (Å²) in [6, 6.07) is 12.7. The molecule has 1 heterocycles. The standard InChI is InChI=1S/C17H14N2O3/c20-12-16-9-8-14(11-19-16)7-4-10-18-17(21)22-13-15-5-2-1-3-6-15/h1-3,5-6,8-9,11-12H,10,13H2,(H,18,21). The van der Waals surface area contributed by atoms with Crippen LogP contribution in [0.3, 0.4) is 0 Å². The van der Waals surface area contributed by atoms with E-state index in [0.29, 0.717) is 17.5 Å². The highest BCUT2D eigenvalue weighted by Crippen LogP contribution is 2.00. The molecule has 0 spiro atoms. The molecule has 1 amide bonds. The van der Waals surface area contributed by atoms with E-state index in [1.54, 1.807) is 12.1 Å². The molecule has 0 aliphatic rings. The molecule has 22 heavy (non-hydrogen) atoms. The van der Waals surface area contributed by atoms with E-state index in [1.165, 1.54) is 6.20 Å². The minimum absolute atomic E-state index is 0.170. The van der Waals surface area contributed by atoms with Gasteiger partial charge in [0, 0.05) is 11.8 Å². The molecule has 1 N–H and O–H groups in total. The molecule has 1 aromatic heterocycles. The third kappa shape index (κ3) is 5.10. The van der Waals surface area contributed by atoms with E-state index in [0.717, 1.165) is 5.56 Å². The highest BCUT2D eigenvalue weighted by molar-refractivity contribution is 5.71. The average Bonchev–Trinajstić information content (AvgIpc) is 2.58. The lowest BCUT2D eigenvalue weighted by Crippen LogP contribution is -2.24. The quantitative estimate of drug-likeness (QED) is 0.693. The van der Waals surface area contributed by atoms with Crippen LogP contribution in [0.2, 0.25) is 0 Å². The highest BCUT2D eigenvalue weighted by atomic mass is 16.5. The summed E-state index contributed by atoms with van der Waals surface area (Å²) in [4.78, 5) is 25.8. The first-order chi connectivity index (χ1) is 10.8. The summed E-state index contributed by atoms with van der Waals surface area (Å²) in [5.41, 5.74) is 1.95. The van der Waals surface area contributed by atoms with Crippen molar-refractivity contribution in [2.75, 3.05) is 6.54 Å². The number of alkyl carbamates (subject to hydrolysis) is 1. The van der Waals surface area contributed by atoms with Crippen molar-refractivity contribution in [3.05, 3.63) is 65.5 Å². The number of aldehydes is 1. The van der Waals surface area contributed by atoms with Gasteiger partial charge in [-0.05, 0) is 17.7 Å². The van der Waals surface area contributed by atoms with Crippen LogP contribution in [0.5, 0.6) is 0 Å². The van der Waals surface area contributed by atoms with Crippen molar-refractivity contribution >= 4 is 12.4 Å². The van der Waals surface area contributed by atoms with E-state index >= 15 is 0 Å². The number of carbonyl (C=O) groups excluding carboxylic acids is 2. The topological polar surface area (TPSA) is 68.3 Å². The van der Waals surface area contributed by atoms with Crippen molar-refractivity contribution in [2.24, 2.45) is 0 Å². The van der Waals surface area contributed by atoms with Crippen molar-refractivity contribution in [2.45, 2.75) is 6.61 Å². The Balaban J connectivity index is 1.72. The number of benzene rings is 1. The van der Waals surface area contributed by atoms with Gasteiger partial charge >= 0.3 is 6.09 Å². The molecular weight excluding hydrogens is 280 g/mol. The second-order valence-corrected chi connectivity index (χ2v) is 4.31. The number of nitrogens with zero attached hydrogens (tertiary/aromatic N) is 1. The van der Waals surface area contributed by atoms with Crippen LogP contribution in [0.4, 0.5) is 4.79 Å². The lowest BCUT2D eigenvalue weighted by atomic mass is 10.2. The van der Waals surface area contributed by atoms with Crippen LogP contribution in [-0.4, -0.2) is 23.9 Å². The second kappa shape index (κ2) is 8.22. The average molecular weight is 294 g/mol. The van der Waals surface area contributed by atoms with Crippen molar-refractivity contribution in [3.63, 3.8) is 0 Å². The fraction of sp³-hybridized carbons (Fsp3) is 0.118. The van der Waals surface area contributed by atoms with E-state index < -0.39 is 6.09 Å². The van der Waals surface area contributed by atoms with Crippen LogP contribution in [0, 0.1) is 11.8 Å². The third-order valence-corrected chi connectivity index (χ3v) is 2.67. The molecule has 5 heteroatoms. The monoisotopic (exact) mass is 294 g/mol. The summed E-state index contributed by atoms with van der Waals surface area (Å²) in [5.74, 6) is 5.60. The molecule has 0 aliphatic heterocycles. The first kappa shape index (κ1) is 15.3. The third-order valence-electron chi connectivity index (χ3n) is 2.67. The fourth-order valence-corrected chi connectivity index (χ4v) is 1.59. The Labute approximate surface area is 128 Å². The molecule has 0 radical (unpaired) electrons. The molecule has 110 valence electrons. The Morgan fingerprint density at radius 3 is 2.73 bits per heavy atom. The minimum Gasteiger partial charge on any atom is -0.445 e. The first-order valence-corrected chi connectivity index (χ1v) is 6.62. The zero-order valence-corrected chi connectivity index (χ0v) is 11.8. The Kier molecular flexibility index (Phi) is 5.70. The van der Waals surface area contributed by atoms with Gasteiger partial charge < -0.3 is 10.1 Å². The maximum atomic E-state index is 11.5. The maximum absolute atomic E-state index is 11.5. The van der Waals surface area contributed by atoms with E-state index in [4.69, 9.17) is 4.74 Å². The molecular formula is C17H14N2O3. The van der Waals surface area contributed by atoms with Gasteiger partial charge in [0.05, 0.1) is 6.54 Å². The number of amides is 1. The van der Waals surface area contributed by atoms with E-state index in [1.807, 2.05) is 30.3 Å². The van der Waals surface area contributed by atoms with Crippen LogP contribution < -0.4 is 5.32 Å². The molecule has 0 bridgehead atoms. The van der Waals surface area contributed by atoms with Gasteiger partial charge in [0.25, 0.3) is 0 Å². The largest absolute Gasteiger partial charge is 0.445 e. The van der Waals surface area contributed by atoms with Crippen LogP contribution >= 0.6 is 0 Å². The molecule has 2 aromatic rings. The van der Waals surface area contributed by atoms with Gasteiger partial charge in [-0.25, -0.2) is 4.79 Å². The van der Waals surface area contributed by atoms with Crippen molar-refractivity contribution in [3.8, 4) is 11.8 Å². The zero-order valence-electron chi connectivity index (χ0n) is 11.8. The van der Waals surface area contributed by atoms with Gasteiger partial charge in [0.15, 0.2) is 6.29 Å². The van der Waals surface area contributed by atoms with Gasteiger partial charge in [0.2, 0.25) is 0 Å². The lowest BCUT2D eigenvalue weighted by Gasteiger charge is -2.04. The van der Waals surface area contributed by atoms with Gasteiger partial charge in [-0.3, -0.25) is 9.78 Å². The predicted molar refractivity (Wildman–Crippen MR) is 81.1 cm³/mol. The lowest BCUT2D eigenvalue weighted by molar-refractivity contribution is 0.111. The SMILES string of the molecule is O=Cc1ccc(C#CCNC(=O)OCc2ccccc2)cn1. The van der Waals surface area contributed by atoms with Gasteiger partial charge in [0.1, 0.15) is 12.3 Å². The number of ether oxygens (including phenoxy) is 1. The number of pyridine rings is 1. The minimum atomic E-state index is -0.521. The maximum Gasteiger partial charge on any atom is 0.408 e. The van der Waals surface area contributed by atoms with Crippen LogP contribution in [-0.2, 0) is 11.3 Å². The molecule has 0 saturated carbocycles. The molecule has 0 fully saturated rings. The molecule has 0 saturated heterocycles. The number of aromatic nitrogens is 1. The summed E-state index contributed by atoms with van der Waals surface area (Å²) >= 11 is 0. The summed E-state index contributed by atoms with van der Waals surface area (Å²) in [5, 5.41) is 2.53. The Bertz CT molecular complexity index is 685. The van der Waals surface area contributed by atoms with Gasteiger partial charge in [-0.1, -0.05) is 42.2 Å². The summed E-state index contributed by atoms with van der Waals surface area (Å²) < 4.78 is 5.04. The van der Waals surface area contributed by atoms with Crippen molar-refractivity contribution < 1.29 is 14.3 Å². The van der Waals surface area contributed by atoms with Crippen molar-refractivity contribution in [1.29, 1.82) is 0 Å². The van der Waals surface area contributed by atoms with Crippen LogP contribution in [0.25, 0.3) is 0 Å². The smallest absolute Gasteiger partial charge is 0.408 e. The molecule has 1 aromatic carbocycles. The van der Waals surface area contributed by atoms with E-state index in [9.17, 15) is 9.59 Å². The fourth-order valence-electron chi connectivity index (χ4n) is 1.59. The predicted octanol–water partition coefficient (Wildman–Crippen LogP) is 2.17. The highest BCUT2D eigenvalue weighted by Gasteiger charge is 2.00. The first-order valence-electron chi connectivity index (χ1n) is 6.62. The Hall–Kier alpha value is -3.13. The summed E-state index contributed by atoms with van der Waals surface area (Å²) in [6.07, 6.45) is 1.65. The van der Waals surface area contributed by atoms with Crippen LogP contribution in [0.15, 0.2) is 48.7 Å². The van der Waals surface area contributed by atoms with Crippen molar-refractivity contribution in [1.82, 2.24) is 10.3 Å². The number of carbonyl (C=O) groups is 2. The number of nitrogens with one attached hydrogen (secondary N) is 1. The number of rotatable bonds is 4. The molecule has 5 nitrogen and oxygen atoms in total. The van der Waals surface area contributed by atoms with E-state index in [-0.39, 0.29) is 13.2 Å². The summed E-state index contributed by atoms with van der Waals surface area (Å²) in [7, 11) is 0. The van der Waals surface area contributed by atoms with E-state index in [2.05, 4.69) is 22.1 Å². The zero-order chi connectivity index (χ0) is 15.6. The van der Waals surface area contributed by atoms with Crippen LogP contribution in [0.1, 0.15) is 21.6 Å². The molecule has 0 unspecified atom stereocenters. The molecule has 0 atom stereocenters. The van der Waals surface area contributed by atoms with Gasteiger partial charge in [-0.2, -0.15) is 0 Å². The Morgan fingerprint density at radius 1 is 1.23 bits per heavy atom. The molecule has 0 aliphatic carbocycles. The number of hydrogen-bond donors (Lipinski definition) is 1.